The summed E-state index contributed by atoms with van der Waals surface area (Å²) in [6.07, 6.45) is 10.5. The lowest BCUT2D eigenvalue weighted by Crippen LogP contribution is -2.45. The number of aromatic nitrogens is 2. The molecule has 0 radical (unpaired) electrons. The Morgan fingerprint density at radius 2 is 2.25 bits per heavy atom. The third-order valence-corrected chi connectivity index (χ3v) is 6.22. The van der Waals surface area contributed by atoms with E-state index in [4.69, 9.17) is 4.84 Å². The van der Waals surface area contributed by atoms with Crippen molar-refractivity contribution in [2.24, 2.45) is 18.4 Å². The molecule has 2 atom stereocenters. The van der Waals surface area contributed by atoms with Crippen LogP contribution in [0.4, 0.5) is 0 Å². The maximum atomic E-state index is 13.0. The van der Waals surface area contributed by atoms with Crippen LogP contribution in [0, 0.1) is 11.3 Å². The molecule has 1 aliphatic carbocycles. The summed E-state index contributed by atoms with van der Waals surface area (Å²) in [5.74, 6) is 0.390. The van der Waals surface area contributed by atoms with Crippen LogP contribution in [-0.2, 0) is 23.2 Å². The average molecular weight is 332 g/mol. The molecule has 3 heterocycles. The van der Waals surface area contributed by atoms with Gasteiger partial charge in [-0.2, -0.15) is 0 Å². The lowest BCUT2D eigenvalue weighted by atomic mass is 9.76. The Hall–Kier alpha value is -1.40. The topological polar surface area (TPSA) is 50.6 Å². The summed E-state index contributed by atoms with van der Waals surface area (Å²) in [6.45, 7) is 4.50. The number of aryl methyl sites for hydroxylation is 1. The van der Waals surface area contributed by atoms with Gasteiger partial charge in [-0.25, -0.2) is 10.0 Å². The zero-order valence-electron chi connectivity index (χ0n) is 14.6. The van der Waals surface area contributed by atoms with E-state index in [1.165, 1.54) is 18.5 Å². The molecule has 1 amide bonds. The molecule has 6 nitrogen and oxygen atoms in total. The van der Waals surface area contributed by atoms with Gasteiger partial charge in [0.05, 0.1) is 18.6 Å². The summed E-state index contributed by atoms with van der Waals surface area (Å²) in [5, 5.41) is 1.67. The van der Waals surface area contributed by atoms with Crippen LogP contribution in [0.15, 0.2) is 12.5 Å². The second-order valence-corrected chi connectivity index (χ2v) is 7.74. The number of hydrogen-bond acceptors (Lipinski definition) is 4. The van der Waals surface area contributed by atoms with Crippen LogP contribution in [0.25, 0.3) is 0 Å². The zero-order chi connectivity index (χ0) is 16.6. The Kier molecular flexibility index (Phi) is 4.35. The molecule has 2 saturated heterocycles. The Balaban J connectivity index is 1.44. The van der Waals surface area contributed by atoms with Crippen molar-refractivity contribution >= 4 is 5.91 Å². The highest BCUT2D eigenvalue weighted by molar-refractivity contribution is 5.79. The minimum atomic E-state index is 0.145. The van der Waals surface area contributed by atoms with E-state index in [1.54, 1.807) is 5.06 Å². The monoisotopic (exact) mass is 332 g/mol. The Morgan fingerprint density at radius 3 is 3.00 bits per heavy atom. The number of carbonyl (C=O) groups is 1. The SMILES string of the molecule is Cn1cncc1CN1CC[C@]2(CCC[C@H]2C(=O)N2CCCCO2)C1. The molecule has 0 aromatic carbocycles. The second-order valence-electron chi connectivity index (χ2n) is 7.74. The fraction of sp³-hybridized carbons (Fsp3) is 0.778. The van der Waals surface area contributed by atoms with Crippen molar-refractivity contribution in [3.8, 4) is 0 Å². The third kappa shape index (κ3) is 2.86. The van der Waals surface area contributed by atoms with Crippen LogP contribution in [0.1, 0.15) is 44.2 Å². The van der Waals surface area contributed by atoms with E-state index in [1.807, 2.05) is 19.6 Å². The van der Waals surface area contributed by atoms with Gasteiger partial charge in [-0.1, -0.05) is 6.42 Å². The van der Waals surface area contributed by atoms with E-state index in [-0.39, 0.29) is 17.2 Å². The maximum absolute atomic E-state index is 13.0. The highest BCUT2D eigenvalue weighted by atomic mass is 16.7. The van der Waals surface area contributed by atoms with Crippen LogP contribution >= 0.6 is 0 Å². The zero-order valence-corrected chi connectivity index (χ0v) is 14.6. The first-order valence-electron chi connectivity index (χ1n) is 9.30. The van der Waals surface area contributed by atoms with E-state index in [9.17, 15) is 4.79 Å². The van der Waals surface area contributed by atoms with E-state index >= 15 is 0 Å². The molecule has 132 valence electrons. The Morgan fingerprint density at radius 1 is 1.33 bits per heavy atom. The number of likely N-dealkylation sites (tertiary alicyclic amines) is 1. The molecule has 0 N–H and O–H groups in total. The summed E-state index contributed by atoms with van der Waals surface area (Å²) >= 11 is 0. The Labute approximate surface area is 143 Å². The first kappa shape index (κ1) is 16.1. The number of amides is 1. The number of imidazole rings is 1. The summed E-state index contributed by atoms with van der Waals surface area (Å²) in [7, 11) is 2.05. The first-order chi connectivity index (χ1) is 11.7. The molecule has 0 bridgehead atoms. The highest BCUT2D eigenvalue weighted by Crippen LogP contribution is 2.50. The molecule has 6 heteroatoms. The minimum Gasteiger partial charge on any atom is -0.337 e. The van der Waals surface area contributed by atoms with Gasteiger partial charge in [0.2, 0.25) is 5.91 Å². The highest BCUT2D eigenvalue weighted by Gasteiger charge is 2.51. The van der Waals surface area contributed by atoms with Gasteiger partial charge >= 0.3 is 0 Å². The van der Waals surface area contributed by atoms with Crippen molar-refractivity contribution in [1.82, 2.24) is 19.5 Å². The van der Waals surface area contributed by atoms with Gasteiger partial charge in [-0.3, -0.25) is 14.5 Å². The molecule has 4 rings (SSSR count). The molecule has 2 aliphatic heterocycles. The number of rotatable bonds is 3. The van der Waals surface area contributed by atoms with Crippen LogP contribution in [-0.4, -0.2) is 51.7 Å². The van der Waals surface area contributed by atoms with Gasteiger partial charge in [0, 0.05) is 38.8 Å². The lowest BCUT2D eigenvalue weighted by Gasteiger charge is -2.35. The molecule has 1 aromatic heterocycles. The van der Waals surface area contributed by atoms with Gasteiger partial charge in [0.25, 0.3) is 0 Å². The van der Waals surface area contributed by atoms with Crippen molar-refractivity contribution in [3.05, 3.63) is 18.2 Å². The first-order valence-corrected chi connectivity index (χ1v) is 9.30. The van der Waals surface area contributed by atoms with Crippen molar-refractivity contribution in [3.63, 3.8) is 0 Å². The van der Waals surface area contributed by atoms with Gasteiger partial charge in [-0.15, -0.1) is 0 Å². The second kappa shape index (κ2) is 6.48. The van der Waals surface area contributed by atoms with Gasteiger partial charge in [0.15, 0.2) is 0 Å². The molecule has 0 unspecified atom stereocenters. The molecular weight excluding hydrogens is 304 g/mol. The average Bonchev–Trinajstić information content (AvgIpc) is 3.31. The Bertz CT molecular complexity index is 596. The van der Waals surface area contributed by atoms with Crippen LogP contribution in [0.2, 0.25) is 0 Å². The molecule has 1 saturated carbocycles. The molecule has 1 spiro atoms. The molecule has 24 heavy (non-hydrogen) atoms. The standard InChI is InChI=1S/C18H28N4O2/c1-20-14-19-11-15(20)12-21-9-7-18(13-21)6-4-5-16(18)17(23)22-8-2-3-10-24-22/h11,14,16H,2-10,12-13H2,1H3/t16-,18+/m0/s1. The van der Waals surface area contributed by atoms with Crippen molar-refractivity contribution in [2.75, 3.05) is 26.2 Å². The number of nitrogens with zero attached hydrogens (tertiary/aromatic N) is 4. The minimum absolute atomic E-state index is 0.145. The van der Waals surface area contributed by atoms with Crippen LogP contribution in [0.3, 0.4) is 0 Å². The normalized spacial score (nSPS) is 31.2. The predicted octanol–water partition coefficient (Wildman–Crippen LogP) is 1.97. The molecule has 3 aliphatic rings. The van der Waals surface area contributed by atoms with E-state index in [0.717, 1.165) is 51.9 Å². The number of hydroxylamine groups is 2. The number of carbonyl (C=O) groups excluding carboxylic acids is 1. The van der Waals surface area contributed by atoms with Gasteiger partial charge < -0.3 is 4.57 Å². The predicted molar refractivity (Wildman–Crippen MR) is 89.8 cm³/mol. The summed E-state index contributed by atoms with van der Waals surface area (Å²) < 4.78 is 2.09. The van der Waals surface area contributed by atoms with Crippen LogP contribution < -0.4 is 0 Å². The third-order valence-electron chi connectivity index (χ3n) is 6.22. The molecule has 3 fully saturated rings. The number of hydrogen-bond donors (Lipinski definition) is 0. The van der Waals surface area contributed by atoms with Crippen LogP contribution in [0.5, 0.6) is 0 Å². The maximum Gasteiger partial charge on any atom is 0.249 e. The smallest absolute Gasteiger partial charge is 0.249 e. The molecule has 1 aromatic rings. The van der Waals surface area contributed by atoms with Crippen molar-refractivity contribution in [1.29, 1.82) is 0 Å². The fourth-order valence-electron chi connectivity index (χ4n) is 4.84. The quantitative estimate of drug-likeness (QED) is 0.849. The fourth-order valence-corrected chi connectivity index (χ4v) is 4.84. The summed E-state index contributed by atoms with van der Waals surface area (Å²) in [5.41, 5.74) is 1.41. The summed E-state index contributed by atoms with van der Waals surface area (Å²) in [4.78, 5) is 25.4. The van der Waals surface area contributed by atoms with Crippen molar-refractivity contribution < 1.29 is 9.63 Å². The molecular formula is C18H28N4O2. The van der Waals surface area contributed by atoms with E-state index in [0.29, 0.717) is 6.61 Å². The lowest BCUT2D eigenvalue weighted by molar-refractivity contribution is -0.204. The van der Waals surface area contributed by atoms with Gasteiger partial charge in [-0.05, 0) is 44.1 Å². The van der Waals surface area contributed by atoms with Crippen molar-refractivity contribution in [2.45, 2.75) is 45.1 Å². The van der Waals surface area contributed by atoms with Gasteiger partial charge in [0.1, 0.15) is 0 Å². The van der Waals surface area contributed by atoms with E-state index in [2.05, 4.69) is 14.5 Å². The van der Waals surface area contributed by atoms with E-state index < -0.39 is 0 Å². The largest absolute Gasteiger partial charge is 0.337 e. The summed E-state index contributed by atoms with van der Waals surface area (Å²) in [6, 6.07) is 0.